The van der Waals surface area contributed by atoms with E-state index in [4.69, 9.17) is 8.83 Å². The Labute approximate surface area is 172 Å². The van der Waals surface area contributed by atoms with E-state index in [2.05, 4.69) is 0 Å². The van der Waals surface area contributed by atoms with Crippen LogP contribution in [0.4, 0.5) is 0 Å². The fourth-order valence-corrected chi connectivity index (χ4v) is 2.41. The molecule has 29 heavy (non-hydrogen) atoms. The zero-order valence-corrected chi connectivity index (χ0v) is 15.3. The molecular weight excluding hydrogens is 432 g/mol. The number of carbonyl (C=O) groups is 2. The van der Waals surface area contributed by atoms with Crippen molar-refractivity contribution >= 4 is 33.9 Å². The summed E-state index contributed by atoms with van der Waals surface area (Å²) in [4.78, 5) is 43.6. The van der Waals surface area contributed by atoms with Crippen molar-refractivity contribution in [2.75, 3.05) is 0 Å². The maximum Gasteiger partial charge on any atom is 2.00 e. The average Bonchev–Trinajstić information content (AvgIpc) is 2.68. The second kappa shape index (κ2) is 9.01. The number of carbonyl (C=O) groups excluding carboxylic acids is 2. The molecule has 0 N–H and O–H groups in total. The van der Waals surface area contributed by atoms with Gasteiger partial charge in [0, 0.05) is 12.1 Å². The summed E-state index contributed by atoms with van der Waals surface area (Å²) in [6.45, 7) is 0. The molecule has 0 fully saturated rings. The summed E-state index contributed by atoms with van der Waals surface area (Å²) in [5, 5.41) is 21.6. The smallest absolute Gasteiger partial charge is 0.542 e. The third kappa shape index (κ3) is 4.78. The van der Waals surface area contributed by atoms with Crippen LogP contribution in [0.1, 0.15) is 21.1 Å². The first-order chi connectivity index (χ1) is 13.4. The van der Waals surface area contributed by atoms with E-state index in [1.54, 1.807) is 36.4 Å². The van der Waals surface area contributed by atoms with Gasteiger partial charge in [-0.25, -0.2) is 0 Å². The van der Waals surface area contributed by atoms with Gasteiger partial charge in [-0.1, -0.05) is 24.3 Å². The van der Waals surface area contributed by atoms with Crippen molar-refractivity contribution in [3.05, 3.63) is 92.6 Å². The van der Waals surface area contributed by atoms with Crippen LogP contribution >= 0.6 is 0 Å². The Balaban J connectivity index is 0.000000200. The fraction of sp³-hybridized carbons (Fsp3) is 0. The van der Waals surface area contributed by atoms with Crippen molar-refractivity contribution in [3.63, 3.8) is 0 Å². The van der Waals surface area contributed by atoms with Crippen LogP contribution in [0.5, 0.6) is 0 Å². The van der Waals surface area contributed by atoms with Gasteiger partial charge in [-0.15, -0.1) is 0 Å². The standard InChI is InChI=1S/2C10H6O4.Cu/c2*11-7-5-9(10(12)13)14-8-4-2-1-3-6(7)8;/h2*1-5H,(H,12,13);/q;;+2/p-2. The Morgan fingerprint density at radius 2 is 1.00 bits per heavy atom. The van der Waals surface area contributed by atoms with Crippen LogP contribution < -0.4 is 21.1 Å². The summed E-state index contributed by atoms with van der Waals surface area (Å²) in [6.07, 6.45) is 0. The molecule has 9 heteroatoms. The number of hydrogen-bond acceptors (Lipinski definition) is 8. The maximum atomic E-state index is 11.4. The molecule has 2 aromatic heterocycles. The molecule has 0 aliphatic carbocycles. The van der Waals surface area contributed by atoms with Crippen molar-refractivity contribution < 1.29 is 45.7 Å². The summed E-state index contributed by atoms with van der Waals surface area (Å²) < 4.78 is 9.88. The van der Waals surface area contributed by atoms with Crippen LogP contribution in [0, 0.1) is 0 Å². The van der Waals surface area contributed by atoms with E-state index >= 15 is 0 Å². The van der Waals surface area contributed by atoms with Gasteiger partial charge >= 0.3 is 17.1 Å². The number of rotatable bonds is 2. The quantitative estimate of drug-likeness (QED) is 0.405. The van der Waals surface area contributed by atoms with E-state index in [1.807, 2.05) is 0 Å². The molecule has 0 unspecified atom stereocenters. The number of aromatic carboxylic acids is 2. The Morgan fingerprint density at radius 3 is 1.34 bits per heavy atom. The second-order valence-electron chi connectivity index (χ2n) is 5.52. The zero-order valence-electron chi connectivity index (χ0n) is 14.3. The third-order valence-corrected chi connectivity index (χ3v) is 3.67. The van der Waals surface area contributed by atoms with Gasteiger partial charge in [0.2, 0.25) is 0 Å². The Bertz CT molecular complexity index is 1220. The Morgan fingerprint density at radius 1 is 0.655 bits per heavy atom. The second-order valence-corrected chi connectivity index (χ2v) is 5.52. The van der Waals surface area contributed by atoms with Gasteiger partial charge in [0.15, 0.2) is 22.4 Å². The first-order valence-corrected chi connectivity index (χ1v) is 7.85. The van der Waals surface area contributed by atoms with E-state index in [0.29, 0.717) is 10.8 Å². The van der Waals surface area contributed by atoms with Crippen LogP contribution in [0.15, 0.2) is 79.1 Å². The van der Waals surface area contributed by atoms with Crippen molar-refractivity contribution in [1.29, 1.82) is 0 Å². The van der Waals surface area contributed by atoms with Gasteiger partial charge in [0.05, 0.1) is 10.8 Å². The molecule has 1 radical (unpaired) electrons. The molecule has 0 atom stereocenters. The van der Waals surface area contributed by atoms with Gasteiger partial charge in [-0.05, 0) is 24.3 Å². The van der Waals surface area contributed by atoms with Crippen molar-refractivity contribution in [3.8, 4) is 0 Å². The maximum absolute atomic E-state index is 11.4. The molecule has 0 saturated carbocycles. The van der Waals surface area contributed by atoms with Gasteiger partial charge < -0.3 is 28.6 Å². The zero-order chi connectivity index (χ0) is 20.3. The fourth-order valence-electron chi connectivity index (χ4n) is 2.41. The molecule has 0 bridgehead atoms. The molecular formula is C20H10CuO8. The first-order valence-electron chi connectivity index (χ1n) is 7.85. The molecule has 4 rings (SSSR count). The van der Waals surface area contributed by atoms with E-state index in [0.717, 1.165) is 12.1 Å². The number of carboxylic acid groups (broad SMARTS) is 2. The van der Waals surface area contributed by atoms with Gasteiger partial charge in [-0.3, -0.25) is 9.59 Å². The number of benzene rings is 2. The topological polar surface area (TPSA) is 141 Å². The molecule has 4 aromatic rings. The normalized spacial score (nSPS) is 9.93. The van der Waals surface area contributed by atoms with E-state index < -0.39 is 23.5 Å². The molecule has 2 aromatic carbocycles. The minimum absolute atomic E-state index is 0. The molecule has 2 heterocycles. The molecule has 0 amide bonds. The number of para-hydroxylation sites is 2. The predicted molar refractivity (Wildman–Crippen MR) is 93.6 cm³/mol. The molecule has 149 valence electrons. The summed E-state index contributed by atoms with van der Waals surface area (Å²) in [5.41, 5.74) is -0.268. The van der Waals surface area contributed by atoms with Crippen molar-refractivity contribution in [2.45, 2.75) is 0 Å². The van der Waals surface area contributed by atoms with Crippen LogP contribution in [-0.2, 0) is 17.1 Å². The first kappa shape index (κ1) is 21.6. The summed E-state index contributed by atoms with van der Waals surface area (Å²) in [7, 11) is 0. The number of fused-ring (bicyclic) bond motifs is 2. The monoisotopic (exact) mass is 441 g/mol. The average molecular weight is 442 g/mol. The SMILES string of the molecule is O=C([O-])c1cc(=O)c2ccccc2o1.O=C([O-])c1cc(=O)c2ccccc2o1.[Cu+2]. The van der Waals surface area contributed by atoms with Gasteiger partial charge in [0.1, 0.15) is 23.1 Å². The minimum atomic E-state index is -1.49. The number of carboxylic acids is 2. The minimum Gasteiger partial charge on any atom is -0.542 e. The van der Waals surface area contributed by atoms with Crippen LogP contribution in [0.3, 0.4) is 0 Å². The molecule has 8 nitrogen and oxygen atoms in total. The molecule has 0 spiro atoms. The van der Waals surface area contributed by atoms with E-state index in [9.17, 15) is 29.4 Å². The van der Waals surface area contributed by atoms with Gasteiger partial charge in [0.25, 0.3) is 0 Å². The predicted octanol–water partition coefficient (Wildman–Crippen LogP) is 0.310. The van der Waals surface area contributed by atoms with E-state index in [-0.39, 0.29) is 39.1 Å². The number of hydrogen-bond donors (Lipinski definition) is 0. The van der Waals surface area contributed by atoms with Crippen molar-refractivity contribution in [1.82, 2.24) is 0 Å². The molecule has 0 saturated heterocycles. The van der Waals surface area contributed by atoms with Crippen LogP contribution in [0.25, 0.3) is 21.9 Å². The van der Waals surface area contributed by atoms with Crippen molar-refractivity contribution in [2.24, 2.45) is 0 Å². The molecule has 0 aliphatic rings. The van der Waals surface area contributed by atoms with Crippen LogP contribution in [-0.4, -0.2) is 11.9 Å². The summed E-state index contributed by atoms with van der Waals surface area (Å²) in [6, 6.07) is 14.7. The Hall–Kier alpha value is -3.68. The third-order valence-electron chi connectivity index (χ3n) is 3.67. The van der Waals surface area contributed by atoms with E-state index in [1.165, 1.54) is 12.1 Å². The summed E-state index contributed by atoms with van der Waals surface area (Å²) in [5.74, 6) is -3.89. The summed E-state index contributed by atoms with van der Waals surface area (Å²) >= 11 is 0. The van der Waals surface area contributed by atoms with Crippen LogP contribution in [0.2, 0.25) is 0 Å². The van der Waals surface area contributed by atoms with Gasteiger partial charge in [-0.2, -0.15) is 0 Å². The Kier molecular flexibility index (Phi) is 6.71. The largest absolute Gasteiger partial charge is 2.00 e. The molecule has 0 aliphatic heterocycles.